The minimum atomic E-state index is -0.0853. The molecule has 2 amide bonds. The Bertz CT molecular complexity index is 1010. The van der Waals surface area contributed by atoms with Gasteiger partial charge in [0.15, 0.2) is 5.69 Å². The molecule has 0 spiro atoms. The van der Waals surface area contributed by atoms with Crippen molar-refractivity contribution in [3.63, 3.8) is 0 Å². The largest absolute Gasteiger partial charge is 0.337 e. The van der Waals surface area contributed by atoms with E-state index in [-0.39, 0.29) is 17.7 Å². The monoisotopic (exact) mass is 394 g/mol. The first-order valence-electron chi connectivity index (χ1n) is 9.33. The van der Waals surface area contributed by atoms with Crippen LogP contribution in [0, 0.1) is 5.92 Å². The Kier molecular flexibility index (Phi) is 5.34. The van der Waals surface area contributed by atoms with E-state index in [1.807, 2.05) is 54.8 Å². The summed E-state index contributed by atoms with van der Waals surface area (Å²) in [5.41, 5.74) is 2.12. The number of fused-ring (bicyclic) bond motifs is 1. The van der Waals surface area contributed by atoms with Gasteiger partial charge in [-0.05, 0) is 43.4 Å². The van der Waals surface area contributed by atoms with Crippen LogP contribution in [0.15, 0.2) is 53.4 Å². The van der Waals surface area contributed by atoms with Crippen LogP contribution in [0.4, 0.5) is 5.69 Å². The smallest absolute Gasteiger partial charge is 0.274 e. The van der Waals surface area contributed by atoms with Gasteiger partial charge in [0.25, 0.3) is 5.91 Å². The van der Waals surface area contributed by atoms with Gasteiger partial charge in [0.2, 0.25) is 5.91 Å². The quantitative estimate of drug-likeness (QED) is 0.660. The Morgan fingerprint density at radius 1 is 1.14 bits per heavy atom. The van der Waals surface area contributed by atoms with Gasteiger partial charge in [0.1, 0.15) is 0 Å². The van der Waals surface area contributed by atoms with Crippen molar-refractivity contribution in [1.82, 2.24) is 15.1 Å². The zero-order chi connectivity index (χ0) is 19.5. The summed E-state index contributed by atoms with van der Waals surface area (Å²) >= 11 is 1.64. The second-order valence-electron chi connectivity index (χ2n) is 6.91. The van der Waals surface area contributed by atoms with Gasteiger partial charge < -0.3 is 10.2 Å². The number of amides is 2. The molecule has 1 aromatic heterocycles. The molecule has 1 fully saturated rings. The Morgan fingerprint density at radius 2 is 1.93 bits per heavy atom. The Morgan fingerprint density at radius 3 is 2.71 bits per heavy atom. The predicted molar refractivity (Wildman–Crippen MR) is 112 cm³/mol. The van der Waals surface area contributed by atoms with E-state index in [1.165, 1.54) is 0 Å². The molecule has 2 aromatic carbocycles. The first-order valence-corrected chi connectivity index (χ1v) is 10.6. The van der Waals surface area contributed by atoms with Crippen molar-refractivity contribution in [1.29, 1.82) is 0 Å². The molecule has 144 valence electrons. The van der Waals surface area contributed by atoms with Crippen molar-refractivity contribution in [3.05, 3.63) is 54.2 Å². The van der Waals surface area contributed by atoms with Gasteiger partial charge in [0.05, 0.1) is 5.52 Å². The molecular formula is C21H22N4O2S. The first kappa shape index (κ1) is 18.6. The molecule has 1 aliphatic heterocycles. The van der Waals surface area contributed by atoms with E-state index in [2.05, 4.69) is 15.5 Å². The number of hydrogen-bond donors (Lipinski definition) is 2. The average Bonchev–Trinajstić information content (AvgIpc) is 3.17. The third kappa shape index (κ3) is 3.75. The van der Waals surface area contributed by atoms with Crippen molar-refractivity contribution < 1.29 is 9.59 Å². The molecule has 1 saturated heterocycles. The van der Waals surface area contributed by atoms with Gasteiger partial charge in [-0.15, -0.1) is 11.8 Å². The summed E-state index contributed by atoms with van der Waals surface area (Å²) < 4.78 is 0. The highest BCUT2D eigenvalue weighted by Crippen LogP contribution is 2.24. The maximum atomic E-state index is 12.9. The lowest BCUT2D eigenvalue weighted by Gasteiger charge is -2.31. The lowest BCUT2D eigenvalue weighted by atomic mass is 9.95. The number of rotatable bonds is 4. The molecule has 0 saturated carbocycles. The van der Waals surface area contributed by atoms with E-state index in [1.54, 1.807) is 16.7 Å². The van der Waals surface area contributed by atoms with E-state index in [9.17, 15) is 9.59 Å². The van der Waals surface area contributed by atoms with Crippen LogP contribution in [0.5, 0.6) is 0 Å². The number of carbonyl (C=O) groups is 2. The van der Waals surface area contributed by atoms with Crippen molar-refractivity contribution in [3.8, 4) is 0 Å². The molecule has 7 heteroatoms. The van der Waals surface area contributed by atoms with Crippen molar-refractivity contribution >= 4 is 40.2 Å². The SMILES string of the molecule is CSc1cccc(NC(=O)C2CCN(C(=O)c3n[nH]c4ccccc34)CC2)c1. The Labute approximate surface area is 167 Å². The van der Waals surface area contributed by atoms with E-state index < -0.39 is 0 Å². The number of nitrogens with zero attached hydrogens (tertiary/aromatic N) is 2. The van der Waals surface area contributed by atoms with Crippen LogP contribution in [0.3, 0.4) is 0 Å². The van der Waals surface area contributed by atoms with Crippen molar-refractivity contribution in [2.24, 2.45) is 5.92 Å². The number of carbonyl (C=O) groups excluding carboxylic acids is 2. The van der Waals surface area contributed by atoms with Gasteiger partial charge >= 0.3 is 0 Å². The molecule has 2 N–H and O–H groups in total. The highest BCUT2D eigenvalue weighted by atomic mass is 32.2. The van der Waals surface area contributed by atoms with Gasteiger partial charge in [-0.25, -0.2) is 0 Å². The number of anilines is 1. The molecule has 4 rings (SSSR count). The molecule has 2 heterocycles. The fourth-order valence-corrected chi connectivity index (χ4v) is 4.03. The van der Waals surface area contributed by atoms with Crippen LogP contribution in [0.2, 0.25) is 0 Å². The summed E-state index contributed by atoms with van der Waals surface area (Å²) in [6.07, 6.45) is 3.32. The number of piperidine rings is 1. The number of aromatic nitrogens is 2. The number of hydrogen-bond acceptors (Lipinski definition) is 4. The fourth-order valence-electron chi connectivity index (χ4n) is 3.57. The molecule has 1 aliphatic rings. The maximum Gasteiger partial charge on any atom is 0.274 e. The molecule has 0 unspecified atom stereocenters. The fraction of sp³-hybridized carbons (Fsp3) is 0.286. The zero-order valence-electron chi connectivity index (χ0n) is 15.6. The number of benzene rings is 2. The van der Waals surface area contributed by atoms with Gasteiger partial charge in [-0.3, -0.25) is 14.7 Å². The minimum Gasteiger partial charge on any atom is -0.337 e. The van der Waals surface area contributed by atoms with Crippen LogP contribution in [-0.2, 0) is 4.79 Å². The molecule has 28 heavy (non-hydrogen) atoms. The van der Waals surface area contributed by atoms with Crippen LogP contribution in [0.25, 0.3) is 10.9 Å². The maximum absolute atomic E-state index is 12.9. The Balaban J connectivity index is 1.37. The topological polar surface area (TPSA) is 78.1 Å². The summed E-state index contributed by atoms with van der Waals surface area (Å²) in [5.74, 6) is -0.141. The van der Waals surface area contributed by atoms with Gasteiger partial charge in [-0.1, -0.05) is 24.3 Å². The third-order valence-corrected chi connectivity index (χ3v) is 5.89. The molecular weight excluding hydrogens is 372 g/mol. The highest BCUT2D eigenvalue weighted by molar-refractivity contribution is 7.98. The molecule has 0 aliphatic carbocycles. The molecule has 0 bridgehead atoms. The summed E-state index contributed by atoms with van der Waals surface area (Å²) in [6, 6.07) is 15.4. The molecule has 3 aromatic rings. The van der Waals surface area contributed by atoms with E-state index in [4.69, 9.17) is 0 Å². The van der Waals surface area contributed by atoms with Gasteiger partial charge in [-0.2, -0.15) is 5.10 Å². The second-order valence-corrected chi connectivity index (χ2v) is 7.79. The summed E-state index contributed by atoms with van der Waals surface area (Å²) in [5, 5.41) is 11.0. The van der Waals surface area contributed by atoms with Gasteiger partial charge in [0, 0.05) is 35.0 Å². The molecule has 6 nitrogen and oxygen atoms in total. The number of H-pyrrole nitrogens is 1. The summed E-state index contributed by atoms with van der Waals surface area (Å²) in [6.45, 7) is 1.12. The number of nitrogens with one attached hydrogen (secondary N) is 2. The average molecular weight is 395 g/mol. The molecule has 0 atom stereocenters. The summed E-state index contributed by atoms with van der Waals surface area (Å²) in [7, 11) is 0. The standard InChI is InChI=1S/C21H22N4O2S/c1-28-16-6-4-5-15(13-16)22-20(26)14-9-11-25(12-10-14)21(27)19-17-7-2-3-8-18(17)23-24-19/h2-8,13-14H,9-12H2,1H3,(H,22,26)(H,23,24). The van der Waals surface area contributed by atoms with E-state index >= 15 is 0 Å². The van der Waals surface area contributed by atoms with Crippen LogP contribution < -0.4 is 5.32 Å². The van der Waals surface area contributed by atoms with Crippen molar-refractivity contribution in [2.45, 2.75) is 17.7 Å². The van der Waals surface area contributed by atoms with Crippen LogP contribution in [-0.4, -0.2) is 46.3 Å². The number of aromatic amines is 1. The number of thioether (sulfide) groups is 1. The van der Waals surface area contributed by atoms with E-state index in [0.717, 1.165) is 21.5 Å². The number of likely N-dealkylation sites (tertiary alicyclic amines) is 1. The normalized spacial score (nSPS) is 15.0. The number of para-hydroxylation sites is 1. The third-order valence-electron chi connectivity index (χ3n) is 5.16. The highest BCUT2D eigenvalue weighted by Gasteiger charge is 2.29. The Hall–Kier alpha value is -2.80. The lowest BCUT2D eigenvalue weighted by molar-refractivity contribution is -0.121. The second kappa shape index (κ2) is 8.06. The molecule has 0 radical (unpaired) electrons. The van der Waals surface area contributed by atoms with E-state index in [0.29, 0.717) is 31.6 Å². The summed E-state index contributed by atoms with van der Waals surface area (Å²) in [4.78, 5) is 28.4. The minimum absolute atomic E-state index is 0.0237. The predicted octanol–water partition coefficient (Wildman–Crippen LogP) is 3.78. The van der Waals surface area contributed by atoms with Crippen LogP contribution in [0.1, 0.15) is 23.3 Å². The first-order chi connectivity index (χ1) is 13.7. The lowest BCUT2D eigenvalue weighted by Crippen LogP contribution is -2.41. The zero-order valence-corrected chi connectivity index (χ0v) is 16.5. The van der Waals surface area contributed by atoms with Crippen molar-refractivity contribution in [2.75, 3.05) is 24.7 Å². The van der Waals surface area contributed by atoms with Crippen LogP contribution >= 0.6 is 11.8 Å².